The highest BCUT2D eigenvalue weighted by atomic mass is 35.5. The maximum atomic E-state index is 11.9. The van der Waals surface area contributed by atoms with Crippen LogP contribution in [0.3, 0.4) is 0 Å². The molecule has 19 heavy (non-hydrogen) atoms. The molecule has 0 aliphatic carbocycles. The van der Waals surface area contributed by atoms with Crippen LogP contribution in [0.15, 0.2) is 6.07 Å². The van der Waals surface area contributed by atoms with E-state index >= 15 is 0 Å². The van der Waals surface area contributed by atoms with Crippen LogP contribution >= 0.6 is 23.2 Å². The number of nitrogen functional groups attached to an aromatic ring is 1. The number of esters is 1. The Morgan fingerprint density at radius 3 is 2.89 bits per heavy atom. The number of carbonyl (C=O) groups is 2. The molecule has 1 saturated heterocycles. The van der Waals surface area contributed by atoms with E-state index in [1.165, 1.54) is 18.1 Å². The highest BCUT2D eigenvalue weighted by Gasteiger charge is 2.37. The van der Waals surface area contributed by atoms with Crippen molar-refractivity contribution in [1.82, 2.24) is 4.98 Å². The normalized spacial score (nSPS) is 18.8. The van der Waals surface area contributed by atoms with Crippen LogP contribution in [0.25, 0.3) is 0 Å². The van der Waals surface area contributed by atoms with E-state index in [4.69, 9.17) is 28.9 Å². The third-order valence-corrected chi connectivity index (χ3v) is 3.39. The molecule has 1 aromatic heterocycles. The number of nitrogens with zero attached hydrogens (tertiary/aromatic N) is 2. The van der Waals surface area contributed by atoms with E-state index in [2.05, 4.69) is 9.72 Å². The lowest BCUT2D eigenvalue weighted by Crippen LogP contribution is -2.27. The zero-order valence-electron chi connectivity index (χ0n) is 10.0. The van der Waals surface area contributed by atoms with Gasteiger partial charge in [-0.1, -0.05) is 23.2 Å². The molecule has 102 valence electrons. The minimum atomic E-state index is -0.511. The van der Waals surface area contributed by atoms with E-state index < -0.39 is 11.9 Å². The Kier molecular flexibility index (Phi) is 3.82. The summed E-state index contributed by atoms with van der Waals surface area (Å²) in [6.07, 6.45) is 0.0731. The molecule has 6 nitrogen and oxygen atoms in total. The second-order valence-electron chi connectivity index (χ2n) is 4.10. The molecule has 0 aromatic carbocycles. The lowest BCUT2D eigenvalue weighted by molar-refractivity contribution is -0.145. The van der Waals surface area contributed by atoms with Crippen LogP contribution in [-0.2, 0) is 14.3 Å². The van der Waals surface area contributed by atoms with Crippen molar-refractivity contribution in [3.05, 3.63) is 16.4 Å². The molecule has 1 atom stereocenters. The molecule has 2 rings (SSSR count). The molecule has 0 spiro atoms. The van der Waals surface area contributed by atoms with Crippen LogP contribution < -0.4 is 10.6 Å². The van der Waals surface area contributed by atoms with Crippen LogP contribution in [0.4, 0.5) is 11.4 Å². The third-order valence-electron chi connectivity index (χ3n) is 2.91. The van der Waals surface area contributed by atoms with Crippen molar-refractivity contribution in [3.8, 4) is 0 Å². The van der Waals surface area contributed by atoms with Gasteiger partial charge in [-0.25, -0.2) is 4.98 Å². The molecular formula is C11H11Cl2N3O3. The molecule has 8 heteroatoms. The van der Waals surface area contributed by atoms with Gasteiger partial charge in [0, 0.05) is 19.0 Å². The van der Waals surface area contributed by atoms with Crippen LogP contribution in [0.1, 0.15) is 6.42 Å². The number of ether oxygens (including phenoxy) is 1. The first kappa shape index (κ1) is 13.9. The van der Waals surface area contributed by atoms with Gasteiger partial charge in [0.05, 0.1) is 24.4 Å². The first-order chi connectivity index (χ1) is 8.93. The molecule has 1 aliphatic rings. The molecule has 1 unspecified atom stereocenters. The van der Waals surface area contributed by atoms with E-state index in [-0.39, 0.29) is 34.9 Å². The fraction of sp³-hybridized carbons (Fsp3) is 0.364. The Bertz CT molecular complexity index is 550. The summed E-state index contributed by atoms with van der Waals surface area (Å²) >= 11 is 11.6. The summed E-state index contributed by atoms with van der Waals surface area (Å²) in [6.45, 7) is 0.187. The number of carbonyl (C=O) groups excluding carboxylic acids is 2. The molecular weight excluding hydrogens is 293 g/mol. The first-order valence-corrected chi connectivity index (χ1v) is 6.19. The largest absolute Gasteiger partial charge is 0.469 e. The number of aromatic nitrogens is 1. The molecule has 1 aliphatic heterocycles. The minimum Gasteiger partial charge on any atom is -0.469 e. The van der Waals surface area contributed by atoms with Gasteiger partial charge in [0.2, 0.25) is 5.91 Å². The van der Waals surface area contributed by atoms with E-state index in [9.17, 15) is 9.59 Å². The quantitative estimate of drug-likeness (QED) is 0.661. The SMILES string of the molecule is COC(=O)C1CC(=O)N(c2cc(Cl)nc(Cl)c2N)C1. The molecule has 0 saturated carbocycles. The van der Waals surface area contributed by atoms with Gasteiger partial charge in [0.25, 0.3) is 0 Å². The molecule has 1 fully saturated rings. The highest BCUT2D eigenvalue weighted by Crippen LogP contribution is 2.35. The predicted octanol–water partition coefficient (Wildman–Crippen LogP) is 1.50. The van der Waals surface area contributed by atoms with Gasteiger partial charge < -0.3 is 15.4 Å². The van der Waals surface area contributed by atoms with Gasteiger partial charge in [-0.05, 0) is 0 Å². The molecule has 2 heterocycles. The zero-order chi connectivity index (χ0) is 14.2. The summed E-state index contributed by atoms with van der Waals surface area (Å²) in [5.41, 5.74) is 6.30. The summed E-state index contributed by atoms with van der Waals surface area (Å²) in [7, 11) is 1.28. The van der Waals surface area contributed by atoms with Gasteiger partial charge in [-0.15, -0.1) is 0 Å². The van der Waals surface area contributed by atoms with Gasteiger partial charge in [0.1, 0.15) is 5.15 Å². The maximum absolute atomic E-state index is 11.9. The van der Waals surface area contributed by atoms with E-state index in [1.54, 1.807) is 0 Å². The topological polar surface area (TPSA) is 85.5 Å². The number of anilines is 2. The van der Waals surface area contributed by atoms with E-state index in [1.807, 2.05) is 0 Å². The summed E-state index contributed by atoms with van der Waals surface area (Å²) < 4.78 is 4.63. The zero-order valence-corrected chi connectivity index (χ0v) is 11.5. The average Bonchev–Trinajstić information content (AvgIpc) is 2.75. The number of halogens is 2. The number of nitrogens with two attached hydrogens (primary N) is 1. The monoisotopic (exact) mass is 303 g/mol. The summed E-state index contributed by atoms with van der Waals surface area (Å²) in [5, 5.41) is 0.153. The van der Waals surface area contributed by atoms with Crippen LogP contribution in [-0.4, -0.2) is 30.5 Å². The summed E-state index contributed by atoms with van der Waals surface area (Å²) in [6, 6.07) is 1.44. The number of rotatable bonds is 2. The second-order valence-corrected chi connectivity index (χ2v) is 4.84. The third kappa shape index (κ3) is 2.59. The number of pyridine rings is 1. The van der Waals surface area contributed by atoms with Crippen molar-refractivity contribution < 1.29 is 14.3 Å². The lowest BCUT2D eigenvalue weighted by atomic mass is 10.1. The maximum Gasteiger partial charge on any atom is 0.311 e. The Morgan fingerprint density at radius 2 is 2.26 bits per heavy atom. The van der Waals surface area contributed by atoms with Gasteiger partial charge >= 0.3 is 5.97 Å². The Balaban J connectivity index is 2.33. The second kappa shape index (κ2) is 5.22. The van der Waals surface area contributed by atoms with Crippen LogP contribution in [0.2, 0.25) is 10.3 Å². The minimum absolute atomic E-state index is 0.0248. The smallest absolute Gasteiger partial charge is 0.311 e. The number of amides is 1. The number of hydrogen-bond donors (Lipinski definition) is 1. The number of methoxy groups -OCH3 is 1. The molecule has 1 amide bonds. The van der Waals surface area contributed by atoms with E-state index in [0.29, 0.717) is 5.69 Å². The van der Waals surface area contributed by atoms with Crippen molar-refractivity contribution in [2.24, 2.45) is 5.92 Å². The average molecular weight is 304 g/mol. The van der Waals surface area contributed by atoms with Crippen molar-refractivity contribution in [1.29, 1.82) is 0 Å². The molecule has 2 N–H and O–H groups in total. The number of hydrogen-bond acceptors (Lipinski definition) is 5. The Morgan fingerprint density at radius 1 is 1.58 bits per heavy atom. The van der Waals surface area contributed by atoms with Crippen molar-refractivity contribution in [2.75, 3.05) is 24.3 Å². The van der Waals surface area contributed by atoms with Crippen LogP contribution in [0, 0.1) is 5.92 Å². The highest BCUT2D eigenvalue weighted by molar-refractivity contribution is 6.35. The van der Waals surface area contributed by atoms with Gasteiger partial charge in [0.15, 0.2) is 5.15 Å². The lowest BCUT2D eigenvalue weighted by Gasteiger charge is -2.19. The first-order valence-electron chi connectivity index (χ1n) is 5.43. The van der Waals surface area contributed by atoms with E-state index in [0.717, 1.165) is 0 Å². The van der Waals surface area contributed by atoms with Crippen molar-refractivity contribution in [3.63, 3.8) is 0 Å². The Hall–Kier alpha value is -1.53. The fourth-order valence-corrected chi connectivity index (χ4v) is 2.39. The van der Waals surface area contributed by atoms with Crippen LogP contribution in [0.5, 0.6) is 0 Å². The fourth-order valence-electron chi connectivity index (χ4n) is 1.97. The standard InChI is InChI=1S/C11H11Cl2N3O3/c1-19-11(18)5-2-8(17)16(4-5)6-3-7(12)15-10(13)9(6)14/h3,5H,2,4,14H2,1H3. The Labute approximate surface area is 119 Å². The molecule has 0 radical (unpaired) electrons. The predicted molar refractivity (Wildman–Crippen MR) is 71.1 cm³/mol. The summed E-state index contributed by atoms with van der Waals surface area (Å²) in [4.78, 5) is 28.5. The van der Waals surface area contributed by atoms with Gasteiger partial charge in [-0.3, -0.25) is 9.59 Å². The molecule has 0 bridgehead atoms. The molecule has 1 aromatic rings. The summed E-state index contributed by atoms with van der Waals surface area (Å²) in [5.74, 6) is -1.18. The van der Waals surface area contributed by atoms with Crippen molar-refractivity contribution >= 4 is 46.5 Å². The van der Waals surface area contributed by atoms with Gasteiger partial charge in [-0.2, -0.15) is 0 Å². The van der Waals surface area contributed by atoms with Crippen molar-refractivity contribution in [2.45, 2.75) is 6.42 Å².